The Balaban J connectivity index is 2.04. The number of fused-ring (bicyclic) bond motifs is 1. The first-order valence-corrected chi connectivity index (χ1v) is 10.4. The van der Waals surface area contributed by atoms with Crippen LogP contribution < -0.4 is 4.90 Å². The fraction of sp³-hybridized carbons (Fsp3) is 0.318. The van der Waals surface area contributed by atoms with E-state index in [0.29, 0.717) is 0 Å². The van der Waals surface area contributed by atoms with Gasteiger partial charge in [0.1, 0.15) is 0 Å². The lowest BCUT2D eigenvalue weighted by atomic mass is 9.88. The Morgan fingerprint density at radius 1 is 1.23 bits per heavy atom. The summed E-state index contributed by atoms with van der Waals surface area (Å²) in [5, 5.41) is 0.741. The van der Waals surface area contributed by atoms with Gasteiger partial charge in [0.2, 0.25) is 0 Å². The topological polar surface area (TPSA) is 15.6 Å². The fourth-order valence-electron chi connectivity index (χ4n) is 3.54. The normalized spacial score (nSPS) is 15.9. The van der Waals surface area contributed by atoms with E-state index in [1.807, 2.05) is 24.4 Å². The predicted molar refractivity (Wildman–Crippen MR) is 123 cm³/mol. The third-order valence-electron chi connectivity index (χ3n) is 4.74. The van der Waals surface area contributed by atoms with Gasteiger partial charge in [-0.1, -0.05) is 36.7 Å². The summed E-state index contributed by atoms with van der Waals surface area (Å²) in [4.78, 5) is 7.09. The highest BCUT2D eigenvalue weighted by atomic mass is 127. The van der Waals surface area contributed by atoms with Gasteiger partial charge >= 0.3 is 0 Å². The molecule has 1 aliphatic heterocycles. The van der Waals surface area contributed by atoms with Crippen LogP contribution in [0.5, 0.6) is 0 Å². The van der Waals surface area contributed by atoms with Crippen LogP contribution in [0.3, 0.4) is 0 Å². The molecule has 1 aliphatic rings. The Hall–Kier alpha value is -1.33. The zero-order valence-electron chi connectivity index (χ0n) is 15.7. The molecular weight excluding hydrogens is 455 g/mol. The van der Waals surface area contributed by atoms with Gasteiger partial charge in [0, 0.05) is 33.1 Å². The Labute approximate surface area is 175 Å². The smallest absolute Gasteiger partial charge is 0.0763 e. The Kier molecular flexibility index (Phi) is 5.78. The van der Waals surface area contributed by atoms with Crippen LogP contribution >= 0.6 is 34.2 Å². The summed E-state index contributed by atoms with van der Waals surface area (Å²) in [6.07, 6.45) is 5.32. The molecule has 0 aromatic heterocycles. The van der Waals surface area contributed by atoms with Gasteiger partial charge in [-0.3, -0.25) is 4.99 Å². The van der Waals surface area contributed by atoms with E-state index in [4.69, 9.17) is 11.6 Å². The highest BCUT2D eigenvalue weighted by Crippen LogP contribution is 2.41. The molecule has 26 heavy (non-hydrogen) atoms. The van der Waals surface area contributed by atoms with Gasteiger partial charge in [0.25, 0.3) is 0 Å². The van der Waals surface area contributed by atoms with Crippen LogP contribution in [-0.4, -0.2) is 18.3 Å². The first kappa shape index (κ1) is 19.4. The Morgan fingerprint density at radius 3 is 2.65 bits per heavy atom. The minimum Gasteiger partial charge on any atom is -0.362 e. The molecule has 0 spiro atoms. The SMILES string of the molecule is CCCN1c2cc(Cl)c(C=Nc3ccccc3I)cc2C(C)=CC1(C)C. The van der Waals surface area contributed by atoms with Gasteiger partial charge in [-0.05, 0) is 79.6 Å². The zero-order chi connectivity index (χ0) is 18.9. The van der Waals surface area contributed by atoms with Crippen LogP contribution in [0.25, 0.3) is 5.57 Å². The second-order valence-corrected chi connectivity index (χ2v) is 8.80. The third-order valence-corrected chi connectivity index (χ3v) is 5.98. The minimum atomic E-state index is -0.00776. The molecule has 0 N–H and O–H groups in total. The number of para-hydroxylation sites is 1. The maximum Gasteiger partial charge on any atom is 0.0763 e. The van der Waals surface area contributed by atoms with E-state index in [1.165, 1.54) is 16.8 Å². The van der Waals surface area contributed by atoms with Gasteiger partial charge in [-0.15, -0.1) is 0 Å². The maximum atomic E-state index is 6.63. The van der Waals surface area contributed by atoms with Gasteiger partial charge in [-0.2, -0.15) is 0 Å². The molecule has 2 nitrogen and oxygen atoms in total. The number of allylic oxidation sites excluding steroid dienone is 1. The lowest BCUT2D eigenvalue weighted by Gasteiger charge is -2.43. The molecule has 0 radical (unpaired) electrons. The van der Waals surface area contributed by atoms with E-state index in [-0.39, 0.29) is 5.54 Å². The molecule has 0 unspecified atom stereocenters. The van der Waals surface area contributed by atoms with Crippen molar-refractivity contribution in [1.29, 1.82) is 0 Å². The number of benzene rings is 2. The van der Waals surface area contributed by atoms with Gasteiger partial charge in [0.15, 0.2) is 0 Å². The monoisotopic (exact) mass is 478 g/mol. The Morgan fingerprint density at radius 2 is 1.96 bits per heavy atom. The summed E-state index contributed by atoms with van der Waals surface area (Å²) in [5.41, 5.74) is 5.65. The van der Waals surface area contributed by atoms with Gasteiger partial charge in [0.05, 0.1) is 16.2 Å². The zero-order valence-corrected chi connectivity index (χ0v) is 18.6. The average Bonchev–Trinajstić information content (AvgIpc) is 2.58. The second kappa shape index (κ2) is 7.73. The Bertz CT molecular complexity index is 884. The van der Waals surface area contributed by atoms with Crippen LogP contribution in [0.4, 0.5) is 11.4 Å². The molecule has 2 aromatic carbocycles. The van der Waals surface area contributed by atoms with Crippen LogP contribution in [0.2, 0.25) is 5.02 Å². The second-order valence-electron chi connectivity index (χ2n) is 7.23. The maximum absolute atomic E-state index is 6.63. The molecule has 0 saturated heterocycles. The number of aliphatic imine (C=N–C) groups is 1. The molecule has 1 heterocycles. The number of hydrogen-bond donors (Lipinski definition) is 0. The van der Waals surface area contributed by atoms with Crippen molar-refractivity contribution in [3.8, 4) is 0 Å². The van der Waals surface area contributed by atoms with Crippen molar-refractivity contribution in [3.63, 3.8) is 0 Å². The minimum absolute atomic E-state index is 0.00776. The molecule has 0 amide bonds. The van der Waals surface area contributed by atoms with Crippen molar-refractivity contribution < 1.29 is 0 Å². The standard InChI is InChI=1S/C22H24ClIN2/c1-5-10-26-21-12-18(23)16(11-17(21)15(2)13-22(26,3)4)14-25-20-9-7-6-8-19(20)24/h6-9,11-14H,5,10H2,1-4H3. The van der Waals surface area contributed by atoms with Crippen molar-refractivity contribution in [2.45, 2.75) is 39.7 Å². The number of anilines is 1. The fourth-order valence-corrected chi connectivity index (χ4v) is 4.27. The highest BCUT2D eigenvalue weighted by molar-refractivity contribution is 14.1. The number of rotatable bonds is 4. The first-order chi connectivity index (χ1) is 12.3. The number of nitrogens with zero attached hydrogens (tertiary/aromatic N) is 2. The van der Waals surface area contributed by atoms with E-state index in [1.54, 1.807) is 0 Å². The summed E-state index contributed by atoms with van der Waals surface area (Å²) >= 11 is 8.94. The largest absolute Gasteiger partial charge is 0.362 e. The van der Waals surface area contributed by atoms with E-state index in [0.717, 1.165) is 32.8 Å². The molecular formula is C22H24ClIN2. The van der Waals surface area contributed by atoms with Crippen LogP contribution in [0.15, 0.2) is 47.5 Å². The van der Waals surface area contributed by atoms with Crippen molar-refractivity contribution in [1.82, 2.24) is 0 Å². The van der Waals surface area contributed by atoms with Crippen molar-refractivity contribution in [2.24, 2.45) is 4.99 Å². The van der Waals surface area contributed by atoms with Crippen molar-refractivity contribution in [3.05, 3.63) is 62.2 Å². The molecule has 4 heteroatoms. The van der Waals surface area contributed by atoms with Crippen molar-refractivity contribution >= 4 is 57.4 Å². The first-order valence-electron chi connectivity index (χ1n) is 8.93. The lowest BCUT2D eigenvalue weighted by Crippen LogP contribution is -2.45. The predicted octanol–water partition coefficient (Wildman–Crippen LogP) is 7.11. The summed E-state index contributed by atoms with van der Waals surface area (Å²) < 4.78 is 1.13. The molecule has 0 atom stereocenters. The summed E-state index contributed by atoms with van der Waals surface area (Å²) in [7, 11) is 0. The number of hydrogen-bond acceptors (Lipinski definition) is 2. The molecule has 3 rings (SSSR count). The molecule has 0 saturated carbocycles. The quantitative estimate of drug-likeness (QED) is 0.338. The van der Waals surface area contributed by atoms with Crippen molar-refractivity contribution in [2.75, 3.05) is 11.4 Å². The van der Waals surface area contributed by atoms with E-state index < -0.39 is 0 Å². The molecule has 0 fully saturated rings. The molecule has 0 bridgehead atoms. The van der Waals surface area contributed by atoms with E-state index >= 15 is 0 Å². The lowest BCUT2D eigenvalue weighted by molar-refractivity contribution is 0.550. The molecule has 2 aromatic rings. The summed E-state index contributed by atoms with van der Waals surface area (Å²) in [6, 6.07) is 12.4. The molecule has 136 valence electrons. The number of halogens is 2. The molecule has 0 aliphatic carbocycles. The van der Waals surface area contributed by atoms with E-state index in [9.17, 15) is 0 Å². The van der Waals surface area contributed by atoms with E-state index in [2.05, 4.69) is 84.5 Å². The average molecular weight is 479 g/mol. The highest BCUT2D eigenvalue weighted by Gasteiger charge is 2.31. The van der Waals surface area contributed by atoms with Crippen LogP contribution in [0, 0.1) is 3.57 Å². The van der Waals surface area contributed by atoms with Crippen LogP contribution in [0.1, 0.15) is 45.2 Å². The summed E-state index contributed by atoms with van der Waals surface area (Å²) in [6.45, 7) is 9.92. The third kappa shape index (κ3) is 3.84. The van der Waals surface area contributed by atoms with Gasteiger partial charge in [-0.25, -0.2) is 0 Å². The van der Waals surface area contributed by atoms with Gasteiger partial charge < -0.3 is 4.90 Å². The van der Waals surface area contributed by atoms with Crippen LogP contribution in [-0.2, 0) is 0 Å². The summed E-state index contributed by atoms with van der Waals surface area (Å²) in [5.74, 6) is 0.